The third kappa shape index (κ3) is 2.69. The monoisotopic (exact) mass is 343 g/mol. The van der Waals surface area contributed by atoms with E-state index in [1.807, 2.05) is 0 Å². The Hall–Kier alpha value is -3.36. The van der Waals surface area contributed by atoms with E-state index in [0.29, 0.717) is 11.3 Å². The maximum atomic E-state index is 12.5. The number of benzene rings is 1. The molecule has 25 heavy (non-hydrogen) atoms. The Morgan fingerprint density at radius 2 is 1.88 bits per heavy atom. The van der Waals surface area contributed by atoms with Gasteiger partial charge in [-0.15, -0.1) is 0 Å². The molecule has 9 nitrogen and oxygen atoms in total. The van der Waals surface area contributed by atoms with Crippen molar-refractivity contribution < 1.29 is 9.59 Å². The summed E-state index contributed by atoms with van der Waals surface area (Å²) in [6.07, 6.45) is 0.442. The second kappa shape index (κ2) is 5.93. The standard InChI is InChI=1S/C16H17N5O4/c1-19-7-10(15(24)20(2)16(19)25)13-18-14(23)9-5-3-4-6-11(9)21(13)8-12(17)22/h3-7,13H,8H2,1-2H3,(H2,17,22)(H,18,23). The number of hydrogen-bond donors (Lipinski definition) is 2. The average Bonchev–Trinajstić information content (AvgIpc) is 2.58. The summed E-state index contributed by atoms with van der Waals surface area (Å²) in [5.41, 5.74) is 5.33. The van der Waals surface area contributed by atoms with Gasteiger partial charge >= 0.3 is 5.69 Å². The largest absolute Gasteiger partial charge is 0.368 e. The number of nitrogens with zero attached hydrogens (tertiary/aromatic N) is 3. The van der Waals surface area contributed by atoms with Crippen LogP contribution in [0, 0.1) is 0 Å². The van der Waals surface area contributed by atoms with Crippen LogP contribution in [0.3, 0.4) is 0 Å². The highest BCUT2D eigenvalue weighted by Crippen LogP contribution is 2.31. The summed E-state index contributed by atoms with van der Waals surface area (Å²) >= 11 is 0. The molecule has 1 aromatic heterocycles. The molecular weight excluding hydrogens is 326 g/mol. The predicted octanol–water partition coefficient (Wildman–Crippen LogP) is -1.18. The van der Waals surface area contributed by atoms with Gasteiger partial charge < -0.3 is 20.5 Å². The molecule has 1 atom stereocenters. The zero-order valence-corrected chi connectivity index (χ0v) is 13.7. The topological polar surface area (TPSA) is 119 Å². The van der Waals surface area contributed by atoms with Crippen molar-refractivity contribution in [3.63, 3.8) is 0 Å². The molecule has 0 bridgehead atoms. The number of fused-ring (bicyclic) bond motifs is 1. The summed E-state index contributed by atoms with van der Waals surface area (Å²) < 4.78 is 2.19. The Bertz CT molecular complexity index is 991. The van der Waals surface area contributed by atoms with Crippen LogP contribution in [-0.2, 0) is 18.9 Å². The van der Waals surface area contributed by atoms with Crippen molar-refractivity contribution in [2.24, 2.45) is 19.8 Å². The highest BCUT2D eigenvalue weighted by Gasteiger charge is 2.34. The third-order valence-corrected chi connectivity index (χ3v) is 4.13. The SMILES string of the molecule is Cn1cc(C2NC(=O)c3ccccc3N2CC(N)=O)c(=O)n(C)c1=O. The number of hydrogen-bond acceptors (Lipinski definition) is 5. The molecule has 0 spiro atoms. The first-order valence-corrected chi connectivity index (χ1v) is 7.52. The summed E-state index contributed by atoms with van der Waals surface area (Å²) in [5, 5.41) is 2.71. The first-order valence-electron chi connectivity index (χ1n) is 7.52. The molecule has 2 amide bonds. The Labute approximate surface area is 142 Å². The number of aryl methyl sites for hydroxylation is 1. The molecule has 1 aliphatic rings. The summed E-state index contributed by atoms with van der Waals surface area (Å²) in [6.45, 7) is -0.200. The maximum Gasteiger partial charge on any atom is 0.330 e. The van der Waals surface area contributed by atoms with Crippen LogP contribution in [0.5, 0.6) is 0 Å². The minimum atomic E-state index is -0.916. The second-order valence-electron chi connectivity index (χ2n) is 5.83. The van der Waals surface area contributed by atoms with Crippen LogP contribution in [0.25, 0.3) is 0 Å². The van der Waals surface area contributed by atoms with Gasteiger partial charge in [-0.05, 0) is 12.1 Å². The number of para-hydroxylation sites is 1. The molecule has 0 radical (unpaired) electrons. The Morgan fingerprint density at radius 3 is 2.56 bits per heavy atom. The summed E-state index contributed by atoms with van der Waals surface area (Å²) in [6, 6.07) is 6.72. The second-order valence-corrected chi connectivity index (χ2v) is 5.83. The van der Waals surface area contributed by atoms with Gasteiger partial charge in [-0.2, -0.15) is 0 Å². The van der Waals surface area contributed by atoms with Gasteiger partial charge in [0.05, 0.1) is 23.4 Å². The predicted molar refractivity (Wildman–Crippen MR) is 90.1 cm³/mol. The van der Waals surface area contributed by atoms with E-state index in [9.17, 15) is 19.2 Å². The number of carbonyl (C=O) groups is 2. The van der Waals surface area contributed by atoms with Crippen molar-refractivity contribution in [3.8, 4) is 0 Å². The molecular formula is C16H17N5O4. The molecule has 2 heterocycles. The van der Waals surface area contributed by atoms with Crippen molar-refractivity contribution in [1.82, 2.24) is 14.5 Å². The molecule has 0 saturated heterocycles. The lowest BCUT2D eigenvalue weighted by Crippen LogP contribution is -2.52. The van der Waals surface area contributed by atoms with Gasteiger partial charge in [0, 0.05) is 20.3 Å². The Kier molecular flexibility index (Phi) is 3.91. The summed E-state index contributed by atoms with van der Waals surface area (Å²) in [4.78, 5) is 49.9. The molecule has 0 aliphatic carbocycles. The van der Waals surface area contributed by atoms with Crippen LogP contribution in [-0.4, -0.2) is 27.5 Å². The number of aromatic nitrogens is 2. The number of amides is 2. The lowest BCUT2D eigenvalue weighted by molar-refractivity contribution is -0.116. The number of primary amides is 1. The molecule has 2 aromatic rings. The van der Waals surface area contributed by atoms with Crippen LogP contribution in [0.2, 0.25) is 0 Å². The molecule has 3 rings (SSSR count). The molecule has 1 aliphatic heterocycles. The smallest absolute Gasteiger partial charge is 0.330 e. The van der Waals surface area contributed by atoms with Crippen LogP contribution < -0.4 is 27.2 Å². The minimum Gasteiger partial charge on any atom is -0.368 e. The van der Waals surface area contributed by atoms with Gasteiger partial charge in [-0.3, -0.25) is 19.0 Å². The van der Waals surface area contributed by atoms with Crippen LogP contribution in [0.1, 0.15) is 22.1 Å². The number of nitrogens with one attached hydrogen (secondary N) is 1. The molecule has 130 valence electrons. The van der Waals surface area contributed by atoms with Gasteiger partial charge in [0.2, 0.25) is 5.91 Å². The fraction of sp³-hybridized carbons (Fsp3) is 0.250. The Balaban J connectivity index is 2.22. The average molecular weight is 343 g/mol. The number of nitrogens with two attached hydrogens (primary N) is 1. The first kappa shape index (κ1) is 16.5. The van der Waals surface area contributed by atoms with E-state index in [1.165, 1.54) is 24.9 Å². The van der Waals surface area contributed by atoms with E-state index in [0.717, 1.165) is 4.57 Å². The summed E-state index contributed by atoms with van der Waals surface area (Å²) in [5.74, 6) is -0.991. The molecule has 1 aromatic carbocycles. The van der Waals surface area contributed by atoms with E-state index in [1.54, 1.807) is 29.2 Å². The van der Waals surface area contributed by atoms with Crippen molar-refractivity contribution in [3.05, 3.63) is 62.4 Å². The minimum absolute atomic E-state index is 0.161. The van der Waals surface area contributed by atoms with Crippen molar-refractivity contribution >= 4 is 17.5 Å². The molecule has 0 saturated carbocycles. The van der Waals surface area contributed by atoms with Gasteiger partial charge in [0.1, 0.15) is 6.17 Å². The van der Waals surface area contributed by atoms with Gasteiger partial charge in [0.15, 0.2) is 0 Å². The highest BCUT2D eigenvalue weighted by atomic mass is 16.2. The highest BCUT2D eigenvalue weighted by molar-refractivity contribution is 6.02. The van der Waals surface area contributed by atoms with E-state index >= 15 is 0 Å². The van der Waals surface area contributed by atoms with E-state index < -0.39 is 23.3 Å². The first-order chi connectivity index (χ1) is 11.8. The molecule has 3 N–H and O–H groups in total. The van der Waals surface area contributed by atoms with E-state index in [-0.39, 0.29) is 18.0 Å². The number of rotatable bonds is 3. The van der Waals surface area contributed by atoms with E-state index in [4.69, 9.17) is 5.73 Å². The number of anilines is 1. The molecule has 0 fully saturated rings. The van der Waals surface area contributed by atoms with Gasteiger partial charge in [0.25, 0.3) is 11.5 Å². The van der Waals surface area contributed by atoms with Crippen molar-refractivity contribution in [1.29, 1.82) is 0 Å². The molecule has 9 heteroatoms. The summed E-state index contributed by atoms with van der Waals surface area (Å²) in [7, 11) is 2.85. The van der Waals surface area contributed by atoms with Crippen LogP contribution >= 0.6 is 0 Å². The quantitative estimate of drug-likeness (QED) is 0.727. The fourth-order valence-electron chi connectivity index (χ4n) is 2.95. The van der Waals surface area contributed by atoms with Crippen LogP contribution in [0.4, 0.5) is 5.69 Å². The van der Waals surface area contributed by atoms with Gasteiger partial charge in [-0.25, -0.2) is 4.79 Å². The van der Waals surface area contributed by atoms with E-state index in [2.05, 4.69) is 5.32 Å². The fourth-order valence-corrected chi connectivity index (χ4v) is 2.95. The molecule has 1 unspecified atom stereocenters. The van der Waals surface area contributed by atoms with Gasteiger partial charge in [-0.1, -0.05) is 12.1 Å². The zero-order valence-electron chi connectivity index (χ0n) is 13.7. The van der Waals surface area contributed by atoms with Crippen molar-refractivity contribution in [2.45, 2.75) is 6.17 Å². The maximum absolute atomic E-state index is 12.5. The normalized spacial score (nSPS) is 16.3. The Morgan fingerprint density at radius 1 is 1.20 bits per heavy atom. The van der Waals surface area contributed by atoms with Crippen molar-refractivity contribution in [2.75, 3.05) is 11.4 Å². The van der Waals surface area contributed by atoms with Crippen LogP contribution in [0.15, 0.2) is 40.1 Å². The lowest BCUT2D eigenvalue weighted by atomic mass is 10.0. The lowest BCUT2D eigenvalue weighted by Gasteiger charge is -2.38. The number of carbonyl (C=O) groups excluding carboxylic acids is 2. The zero-order chi connectivity index (χ0) is 18.3. The third-order valence-electron chi connectivity index (χ3n) is 4.13.